The molecule has 0 bridgehead atoms. The first-order chi connectivity index (χ1) is 7.18. The van der Waals surface area contributed by atoms with Gasteiger partial charge in [-0.3, -0.25) is 9.78 Å². The van der Waals surface area contributed by atoms with Crippen molar-refractivity contribution in [2.75, 3.05) is 25.0 Å². The Morgan fingerprint density at radius 2 is 2.40 bits per heavy atom. The van der Waals surface area contributed by atoms with E-state index in [1.165, 1.54) is 0 Å². The Morgan fingerprint density at radius 1 is 1.67 bits per heavy atom. The Kier molecular flexibility index (Phi) is 2.55. The summed E-state index contributed by atoms with van der Waals surface area (Å²) < 4.78 is 0. The molecule has 5 nitrogen and oxygen atoms in total. The Labute approximate surface area is 88.3 Å². The van der Waals surface area contributed by atoms with Crippen LogP contribution in [-0.2, 0) is 0 Å². The number of nitrogens with zero attached hydrogens (tertiary/aromatic N) is 2. The van der Waals surface area contributed by atoms with Crippen LogP contribution in [0, 0.1) is 0 Å². The SMILES string of the molecule is CN(c1ccnc(C(N)=O)c1)C1CNC1. The van der Waals surface area contributed by atoms with Crippen LogP contribution < -0.4 is 16.0 Å². The average Bonchev–Trinajstić information content (AvgIpc) is 2.15. The summed E-state index contributed by atoms with van der Waals surface area (Å²) in [6, 6.07) is 4.10. The highest BCUT2D eigenvalue weighted by Crippen LogP contribution is 2.17. The van der Waals surface area contributed by atoms with Gasteiger partial charge in [-0.25, -0.2) is 0 Å². The maximum absolute atomic E-state index is 11.0. The number of anilines is 1. The molecule has 1 fully saturated rings. The van der Waals surface area contributed by atoms with Gasteiger partial charge in [-0.2, -0.15) is 0 Å². The number of likely N-dealkylation sites (N-methyl/N-ethyl adjacent to an activating group) is 1. The first-order valence-electron chi connectivity index (χ1n) is 4.88. The van der Waals surface area contributed by atoms with Gasteiger partial charge in [-0.15, -0.1) is 0 Å². The van der Waals surface area contributed by atoms with Gasteiger partial charge in [0.1, 0.15) is 5.69 Å². The number of hydrogen-bond acceptors (Lipinski definition) is 4. The molecule has 0 spiro atoms. The van der Waals surface area contributed by atoms with E-state index in [1.807, 2.05) is 13.1 Å². The molecule has 1 aliphatic rings. The number of amides is 1. The Balaban J connectivity index is 2.19. The standard InChI is InChI=1S/C10H14N4O/c1-14(8-5-12-6-8)7-2-3-13-9(4-7)10(11)15/h2-4,8,12H,5-6H2,1H3,(H2,11,15). The monoisotopic (exact) mass is 206 g/mol. The Hall–Kier alpha value is -1.62. The van der Waals surface area contributed by atoms with E-state index < -0.39 is 5.91 Å². The van der Waals surface area contributed by atoms with Gasteiger partial charge in [-0.05, 0) is 12.1 Å². The molecule has 2 rings (SSSR count). The second-order valence-corrected chi connectivity index (χ2v) is 3.69. The zero-order valence-corrected chi connectivity index (χ0v) is 8.60. The molecule has 0 saturated carbocycles. The third-order valence-corrected chi connectivity index (χ3v) is 2.71. The molecule has 1 aliphatic heterocycles. The molecule has 5 heteroatoms. The van der Waals surface area contributed by atoms with Crippen LogP contribution >= 0.6 is 0 Å². The molecule has 15 heavy (non-hydrogen) atoms. The lowest BCUT2D eigenvalue weighted by Crippen LogP contribution is -2.56. The van der Waals surface area contributed by atoms with Crippen LogP contribution in [-0.4, -0.2) is 37.1 Å². The number of nitrogens with one attached hydrogen (secondary N) is 1. The molecule has 3 N–H and O–H groups in total. The lowest BCUT2D eigenvalue weighted by atomic mass is 10.1. The quantitative estimate of drug-likeness (QED) is 0.705. The number of pyridine rings is 1. The highest BCUT2D eigenvalue weighted by molar-refractivity contribution is 5.91. The fourth-order valence-corrected chi connectivity index (χ4v) is 1.53. The third-order valence-electron chi connectivity index (χ3n) is 2.71. The van der Waals surface area contributed by atoms with E-state index in [2.05, 4.69) is 15.2 Å². The van der Waals surface area contributed by atoms with Gasteiger partial charge in [0.05, 0.1) is 6.04 Å². The maximum atomic E-state index is 11.0. The van der Waals surface area contributed by atoms with Gasteiger partial charge >= 0.3 is 0 Å². The number of primary amides is 1. The van der Waals surface area contributed by atoms with Crippen molar-refractivity contribution in [2.45, 2.75) is 6.04 Å². The fraction of sp³-hybridized carbons (Fsp3) is 0.400. The molecule has 80 valence electrons. The van der Waals surface area contributed by atoms with Gasteiger partial charge in [0, 0.05) is 32.0 Å². The van der Waals surface area contributed by atoms with Gasteiger partial charge in [0.2, 0.25) is 0 Å². The molecule has 0 aliphatic carbocycles. The summed E-state index contributed by atoms with van der Waals surface area (Å²) in [5, 5.41) is 3.20. The van der Waals surface area contributed by atoms with Crippen molar-refractivity contribution in [3.05, 3.63) is 24.0 Å². The number of carbonyl (C=O) groups is 1. The molecule has 1 amide bonds. The lowest BCUT2D eigenvalue weighted by Gasteiger charge is -2.37. The Morgan fingerprint density at radius 3 is 2.93 bits per heavy atom. The molecule has 2 heterocycles. The van der Waals surface area contributed by atoms with E-state index in [0.717, 1.165) is 18.8 Å². The molecule has 0 atom stereocenters. The van der Waals surface area contributed by atoms with Gasteiger partial charge in [-0.1, -0.05) is 0 Å². The minimum atomic E-state index is -0.489. The van der Waals surface area contributed by atoms with Crippen LogP contribution in [0.3, 0.4) is 0 Å². The third kappa shape index (κ3) is 1.92. The first-order valence-corrected chi connectivity index (χ1v) is 4.88. The van der Waals surface area contributed by atoms with Crippen LogP contribution in [0.5, 0.6) is 0 Å². The smallest absolute Gasteiger partial charge is 0.267 e. The van der Waals surface area contributed by atoms with E-state index in [4.69, 9.17) is 5.73 Å². The Bertz CT molecular complexity index is 375. The molecule has 0 unspecified atom stereocenters. The number of rotatable bonds is 3. The first kappa shape index (κ1) is 9.92. The number of nitrogens with two attached hydrogens (primary N) is 1. The number of hydrogen-bond donors (Lipinski definition) is 2. The van der Waals surface area contributed by atoms with Crippen LogP contribution in [0.25, 0.3) is 0 Å². The topological polar surface area (TPSA) is 71.2 Å². The highest BCUT2D eigenvalue weighted by Gasteiger charge is 2.22. The van der Waals surface area contributed by atoms with Crippen molar-refractivity contribution in [1.82, 2.24) is 10.3 Å². The van der Waals surface area contributed by atoms with Gasteiger partial charge in [0.15, 0.2) is 0 Å². The summed E-state index contributed by atoms with van der Waals surface area (Å²) in [6.07, 6.45) is 1.61. The molecule has 1 saturated heterocycles. The largest absolute Gasteiger partial charge is 0.369 e. The van der Waals surface area contributed by atoms with Gasteiger partial charge in [0.25, 0.3) is 5.91 Å². The van der Waals surface area contributed by atoms with Crippen molar-refractivity contribution in [3.8, 4) is 0 Å². The van der Waals surface area contributed by atoms with Crippen molar-refractivity contribution < 1.29 is 4.79 Å². The van der Waals surface area contributed by atoms with Crippen molar-refractivity contribution >= 4 is 11.6 Å². The molecular formula is C10H14N4O. The van der Waals surface area contributed by atoms with E-state index >= 15 is 0 Å². The second-order valence-electron chi connectivity index (χ2n) is 3.69. The second kappa shape index (κ2) is 3.86. The lowest BCUT2D eigenvalue weighted by molar-refractivity contribution is 0.0995. The highest BCUT2D eigenvalue weighted by atomic mass is 16.1. The van der Waals surface area contributed by atoms with Gasteiger partial charge < -0.3 is 16.0 Å². The van der Waals surface area contributed by atoms with Crippen molar-refractivity contribution in [1.29, 1.82) is 0 Å². The summed E-state index contributed by atoms with van der Waals surface area (Å²) in [4.78, 5) is 17.0. The number of carbonyl (C=O) groups excluding carboxylic acids is 1. The summed E-state index contributed by atoms with van der Waals surface area (Å²) >= 11 is 0. The maximum Gasteiger partial charge on any atom is 0.267 e. The minimum Gasteiger partial charge on any atom is -0.369 e. The predicted octanol–water partition coefficient (Wildman–Crippen LogP) is -0.411. The van der Waals surface area contributed by atoms with E-state index in [-0.39, 0.29) is 0 Å². The van der Waals surface area contributed by atoms with E-state index in [1.54, 1.807) is 12.3 Å². The fourth-order valence-electron chi connectivity index (χ4n) is 1.53. The number of aromatic nitrogens is 1. The zero-order valence-electron chi connectivity index (χ0n) is 8.60. The predicted molar refractivity (Wildman–Crippen MR) is 57.8 cm³/mol. The molecular weight excluding hydrogens is 192 g/mol. The van der Waals surface area contributed by atoms with Crippen molar-refractivity contribution in [3.63, 3.8) is 0 Å². The van der Waals surface area contributed by atoms with Crippen LogP contribution in [0.4, 0.5) is 5.69 Å². The average molecular weight is 206 g/mol. The zero-order chi connectivity index (χ0) is 10.8. The van der Waals surface area contributed by atoms with E-state index in [9.17, 15) is 4.79 Å². The normalized spacial score (nSPS) is 15.8. The summed E-state index contributed by atoms with van der Waals surface area (Å²) in [5.74, 6) is -0.489. The van der Waals surface area contributed by atoms with E-state index in [0.29, 0.717) is 11.7 Å². The van der Waals surface area contributed by atoms with Crippen molar-refractivity contribution in [2.24, 2.45) is 5.73 Å². The molecule has 0 aromatic carbocycles. The van der Waals surface area contributed by atoms with Crippen LogP contribution in [0.1, 0.15) is 10.5 Å². The minimum absolute atomic E-state index is 0.312. The van der Waals surface area contributed by atoms with Crippen LogP contribution in [0.15, 0.2) is 18.3 Å². The molecule has 1 aromatic rings. The van der Waals surface area contributed by atoms with Crippen LogP contribution in [0.2, 0.25) is 0 Å². The molecule has 1 aromatic heterocycles. The summed E-state index contributed by atoms with van der Waals surface area (Å²) in [5.41, 5.74) is 6.46. The summed E-state index contributed by atoms with van der Waals surface area (Å²) in [6.45, 7) is 1.95. The summed E-state index contributed by atoms with van der Waals surface area (Å²) in [7, 11) is 2.01. The molecule has 0 radical (unpaired) electrons.